The number of hydrogen-bond donors (Lipinski definition) is 2. The highest BCUT2D eigenvalue weighted by Crippen LogP contribution is 2.11. The number of aromatic nitrogens is 2. The number of rotatable bonds is 0. The minimum atomic E-state index is 0.363. The first-order chi connectivity index (χ1) is 4.86. The van der Waals surface area contributed by atoms with E-state index < -0.39 is 0 Å². The van der Waals surface area contributed by atoms with Crippen molar-refractivity contribution in [3.05, 3.63) is 17.5 Å². The van der Waals surface area contributed by atoms with E-state index in [-0.39, 0.29) is 0 Å². The first kappa shape index (κ1) is 5.61. The second-order valence-corrected chi connectivity index (χ2v) is 2.30. The van der Waals surface area contributed by atoms with Crippen LogP contribution in [-0.2, 0) is 13.1 Å². The van der Waals surface area contributed by atoms with Gasteiger partial charge in [0.05, 0.1) is 5.69 Å². The lowest BCUT2D eigenvalue weighted by atomic mass is 10.3. The van der Waals surface area contributed by atoms with E-state index in [0.717, 1.165) is 24.3 Å². The molecule has 2 rings (SSSR count). The zero-order chi connectivity index (χ0) is 6.97. The third kappa shape index (κ3) is 0.733. The standard InChI is InChI=1S/C6H8N4/c7-6-9-2-4-1-8-3-5(4)10-6/h2,8H,1,3H2,(H2,7,9,10). The molecule has 3 N–H and O–H groups in total. The fourth-order valence-electron chi connectivity index (χ4n) is 1.07. The summed E-state index contributed by atoms with van der Waals surface area (Å²) in [5, 5.41) is 3.16. The number of hydrogen-bond acceptors (Lipinski definition) is 4. The molecule has 4 nitrogen and oxygen atoms in total. The number of anilines is 1. The summed E-state index contributed by atoms with van der Waals surface area (Å²) in [6, 6.07) is 0. The van der Waals surface area contributed by atoms with Crippen molar-refractivity contribution in [2.24, 2.45) is 0 Å². The average Bonchev–Trinajstić information content (AvgIpc) is 2.33. The minimum Gasteiger partial charge on any atom is -0.368 e. The Balaban J connectivity index is 2.52. The lowest BCUT2D eigenvalue weighted by Crippen LogP contribution is -2.01. The number of nitrogens with two attached hydrogens (primary N) is 1. The molecule has 0 radical (unpaired) electrons. The van der Waals surface area contributed by atoms with Gasteiger partial charge in [0.2, 0.25) is 5.95 Å². The Hall–Kier alpha value is -1.16. The largest absolute Gasteiger partial charge is 0.368 e. The van der Waals surface area contributed by atoms with Crippen LogP contribution in [0.4, 0.5) is 5.95 Å². The zero-order valence-corrected chi connectivity index (χ0v) is 5.46. The Labute approximate surface area is 58.5 Å². The Kier molecular flexibility index (Phi) is 1.07. The number of nitrogen functional groups attached to an aromatic ring is 1. The summed E-state index contributed by atoms with van der Waals surface area (Å²) in [4.78, 5) is 7.94. The monoisotopic (exact) mass is 136 g/mol. The number of nitrogens with one attached hydrogen (secondary N) is 1. The summed E-state index contributed by atoms with van der Waals surface area (Å²) >= 11 is 0. The summed E-state index contributed by atoms with van der Waals surface area (Å²) in [5.74, 6) is 0.363. The van der Waals surface area contributed by atoms with Crippen molar-refractivity contribution < 1.29 is 0 Å². The fraction of sp³-hybridized carbons (Fsp3) is 0.333. The molecular formula is C6H8N4. The SMILES string of the molecule is Nc1ncc2c(n1)CNC2. The van der Waals surface area contributed by atoms with Gasteiger partial charge in [-0.15, -0.1) is 0 Å². The molecule has 0 amide bonds. The highest BCUT2D eigenvalue weighted by molar-refractivity contribution is 5.27. The average molecular weight is 136 g/mol. The van der Waals surface area contributed by atoms with Crippen LogP contribution in [0.3, 0.4) is 0 Å². The van der Waals surface area contributed by atoms with Crippen LogP contribution < -0.4 is 11.1 Å². The molecule has 0 spiro atoms. The van der Waals surface area contributed by atoms with Crippen molar-refractivity contribution in [2.75, 3.05) is 5.73 Å². The van der Waals surface area contributed by atoms with Crippen LogP contribution in [0.5, 0.6) is 0 Å². The summed E-state index contributed by atoms with van der Waals surface area (Å²) in [6.45, 7) is 1.69. The lowest BCUT2D eigenvalue weighted by molar-refractivity contribution is 0.758. The molecule has 1 aromatic rings. The normalized spacial score (nSPS) is 15.2. The maximum Gasteiger partial charge on any atom is 0.220 e. The predicted molar refractivity (Wildman–Crippen MR) is 37.0 cm³/mol. The predicted octanol–water partition coefficient (Wildman–Crippen LogP) is -0.338. The van der Waals surface area contributed by atoms with Gasteiger partial charge in [0.15, 0.2) is 0 Å². The minimum absolute atomic E-state index is 0.363. The summed E-state index contributed by atoms with van der Waals surface area (Å²) < 4.78 is 0. The van der Waals surface area contributed by atoms with Gasteiger partial charge in [0.25, 0.3) is 0 Å². The van der Waals surface area contributed by atoms with Crippen molar-refractivity contribution in [1.29, 1.82) is 0 Å². The van der Waals surface area contributed by atoms with Crippen LogP contribution in [0.15, 0.2) is 6.20 Å². The third-order valence-corrected chi connectivity index (χ3v) is 1.58. The molecule has 52 valence electrons. The molecule has 0 fully saturated rings. The maximum absolute atomic E-state index is 5.38. The summed E-state index contributed by atoms with van der Waals surface area (Å²) in [7, 11) is 0. The van der Waals surface area contributed by atoms with Gasteiger partial charge in [0, 0.05) is 24.8 Å². The second kappa shape index (κ2) is 1.91. The molecule has 0 aliphatic carbocycles. The van der Waals surface area contributed by atoms with E-state index in [1.54, 1.807) is 6.20 Å². The van der Waals surface area contributed by atoms with Crippen LogP contribution >= 0.6 is 0 Å². The van der Waals surface area contributed by atoms with Crippen molar-refractivity contribution in [3.63, 3.8) is 0 Å². The van der Waals surface area contributed by atoms with Crippen LogP contribution in [-0.4, -0.2) is 9.97 Å². The van der Waals surface area contributed by atoms with Gasteiger partial charge in [-0.25, -0.2) is 9.97 Å². The van der Waals surface area contributed by atoms with Crippen molar-refractivity contribution >= 4 is 5.95 Å². The number of fused-ring (bicyclic) bond motifs is 1. The summed E-state index contributed by atoms with van der Waals surface area (Å²) in [5.41, 5.74) is 7.58. The highest BCUT2D eigenvalue weighted by Gasteiger charge is 2.10. The van der Waals surface area contributed by atoms with E-state index in [1.165, 1.54) is 0 Å². The quantitative estimate of drug-likeness (QED) is 0.512. The van der Waals surface area contributed by atoms with Gasteiger partial charge in [-0.3, -0.25) is 0 Å². The third-order valence-electron chi connectivity index (χ3n) is 1.58. The lowest BCUT2D eigenvalue weighted by Gasteiger charge is -1.94. The van der Waals surface area contributed by atoms with Gasteiger partial charge >= 0.3 is 0 Å². The molecule has 1 aliphatic heterocycles. The Morgan fingerprint density at radius 1 is 1.50 bits per heavy atom. The summed E-state index contributed by atoms with van der Waals surface area (Å²) in [6.07, 6.45) is 1.78. The van der Waals surface area contributed by atoms with Crippen molar-refractivity contribution in [3.8, 4) is 0 Å². The molecule has 0 atom stereocenters. The van der Waals surface area contributed by atoms with Crippen LogP contribution in [0.2, 0.25) is 0 Å². The molecule has 0 saturated heterocycles. The Bertz CT molecular complexity index is 258. The second-order valence-electron chi connectivity index (χ2n) is 2.30. The van der Waals surface area contributed by atoms with E-state index in [2.05, 4.69) is 15.3 Å². The van der Waals surface area contributed by atoms with Crippen LogP contribution in [0.25, 0.3) is 0 Å². The van der Waals surface area contributed by atoms with Crippen LogP contribution in [0.1, 0.15) is 11.3 Å². The van der Waals surface area contributed by atoms with Gasteiger partial charge in [0.1, 0.15) is 0 Å². The molecule has 0 bridgehead atoms. The van der Waals surface area contributed by atoms with Gasteiger partial charge in [-0.1, -0.05) is 0 Å². The fourth-order valence-corrected chi connectivity index (χ4v) is 1.07. The van der Waals surface area contributed by atoms with E-state index in [0.29, 0.717) is 5.95 Å². The topological polar surface area (TPSA) is 63.8 Å². The van der Waals surface area contributed by atoms with E-state index in [9.17, 15) is 0 Å². The molecule has 10 heavy (non-hydrogen) atoms. The van der Waals surface area contributed by atoms with Crippen molar-refractivity contribution in [2.45, 2.75) is 13.1 Å². The molecule has 1 aliphatic rings. The Morgan fingerprint density at radius 2 is 2.40 bits per heavy atom. The Morgan fingerprint density at radius 3 is 3.30 bits per heavy atom. The van der Waals surface area contributed by atoms with Gasteiger partial charge < -0.3 is 11.1 Å². The number of nitrogens with zero attached hydrogens (tertiary/aromatic N) is 2. The molecule has 0 saturated carbocycles. The maximum atomic E-state index is 5.38. The molecule has 1 aromatic heterocycles. The molecule has 0 aromatic carbocycles. The first-order valence-electron chi connectivity index (χ1n) is 3.17. The van der Waals surface area contributed by atoms with Gasteiger partial charge in [-0.2, -0.15) is 0 Å². The van der Waals surface area contributed by atoms with Crippen LogP contribution in [0, 0.1) is 0 Å². The molecule has 0 unspecified atom stereocenters. The smallest absolute Gasteiger partial charge is 0.220 e. The van der Waals surface area contributed by atoms with E-state index >= 15 is 0 Å². The molecule has 2 heterocycles. The first-order valence-corrected chi connectivity index (χ1v) is 3.17. The van der Waals surface area contributed by atoms with Gasteiger partial charge in [-0.05, 0) is 0 Å². The highest BCUT2D eigenvalue weighted by atomic mass is 15.0. The molecule has 4 heteroatoms. The van der Waals surface area contributed by atoms with Crippen molar-refractivity contribution in [1.82, 2.24) is 15.3 Å². The molecular weight excluding hydrogens is 128 g/mol. The van der Waals surface area contributed by atoms with E-state index in [1.807, 2.05) is 0 Å². The zero-order valence-electron chi connectivity index (χ0n) is 5.46. The van der Waals surface area contributed by atoms with E-state index in [4.69, 9.17) is 5.73 Å².